The van der Waals surface area contributed by atoms with E-state index in [1.54, 1.807) is 22.2 Å². The number of aromatic nitrogens is 2. The Bertz CT molecular complexity index is 1180. The first-order chi connectivity index (χ1) is 23.1. The van der Waals surface area contributed by atoms with Crippen molar-refractivity contribution in [2.45, 2.75) is 122 Å². The Labute approximate surface area is 316 Å². The SMILES string of the molecule is O=C1N(c2ccccn2)C[C@H](C(Cl)Cl)[C@@]1(Cl)CCCCCCCCCCCCCCCC[C@@]1(Cl)C(=O)N(c2ccccn2)C[C@@H]1C(Cl)Cl. The van der Waals surface area contributed by atoms with Gasteiger partial charge in [0.1, 0.15) is 31.1 Å². The molecule has 0 N–H and O–H groups in total. The Balaban J connectivity index is 1.01. The second-order valence-corrected chi connectivity index (χ2v) is 16.9. The van der Waals surface area contributed by atoms with E-state index in [1.807, 2.05) is 36.4 Å². The molecule has 4 rings (SSSR count). The largest absolute Gasteiger partial charge is 0.295 e. The van der Waals surface area contributed by atoms with Crippen molar-refractivity contribution in [2.75, 3.05) is 22.9 Å². The molecule has 0 aromatic carbocycles. The van der Waals surface area contributed by atoms with Crippen molar-refractivity contribution in [1.82, 2.24) is 9.97 Å². The van der Waals surface area contributed by atoms with Gasteiger partial charge < -0.3 is 0 Å². The molecule has 0 aliphatic carbocycles. The molecule has 2 aliphatic heterocycles. The molecule has 2 aliphatic rings. The fourth-order valence-electron chi connectivity index (χ4n) is 7.07. The maximum absolute atomic E-state index is 13.3. The molecule has 0 spiro atoms. The molecular formula is C36H48Cl6N4O2. The maximum Gasteiger partial charge on any atom is 0.249 e. The highest BCUT2D eigenvalue weighted by molar-refractivity contribution is 6.47. The molecule has 12 heteroatoms. The second-order valence-electron chi connectivity index (χ2n) is 13.3. The van der Waals surface area contributed by atoms with Crippen LogP contribution in [0, 0.1) is 11.8 Å². The molecule has 0 bridgehead atoms. The highest BCUT2D eigenvalue weighted by atomic mass is 35.5. The monoisotopic (exact) mass is 778 g/mol. The van der Waals surface area contributed by atoms with Gasteiger partial charge in [-0.2, -0.15) is 0 Å². The molecule has 6 nitrogen and oxygen atoms in total. The Morgan fingerprint density at radius 2 is 0.875 bits per heavy atom. The van der Waals surface area contributed by atoms with Crippen LogP contribution in [0.1, 0.15) is 103 Å². The minimum atomic E-state index is -1.09. The minimum absolute atomic E-state index is 0.151. The first-order valence-corrected chi connectivity index (χ1v) is 20.0. The molecule has 4 heterocycles. The number of nitrogens with zero attached hydrogens (tertiary/aromatic N) is 4. The van der Waals surface area contributed by atoms with Crippen LogP contribution in [0.2, 0.25) is 0 Å². The van der Waals surface area contributed by atoms with Gasteiger partial charge in [-0.15, -0.1) is 69.6 Å². The van der Waals surface area contributed by atoms with Gasteiger partial charge in [0.25, 0.3) is 0 Å². The van der Waals surface area contributed by atoms with Gasteiger partial charge >= 0.3 is 0 Å². The summed E-state index contributed by atoms with van der Waals surface area (Å²) in [4.78, 5) is 34.8. The third-order valence-electron chi connectivity index (χ3n) is 9.93. The van der Waals surface area contributed by atoms with Crippen LogP contribution in [0.25, 0.3) is 0 Å². The number of pyridine rings is 2. The molecule has 2 aromatic rings. The number of amides is 2. The lowest BCUT2D eigenvalue weighted by Crippen LogP contribution is -2.40. The fourth-order valence-corrected chi connectivity index (χ4v) is 9.36. The smallest absolute Gasteiger partial charge is 0.249 e. The van der Waals surface area contributed by atoms with E-state index in [2.05, 4.69) is 9.97 Å². The van der Waals surface area contributed by atoms with Crippen LogP contribution in [0.3, 0.4) is 0 Å². The van der Waals surface area contributed by atoms with Crippen LogP contribution in [-0.2, 0) is 9.59 Å². The predicted octanol–water partition coefficient (Wildman–Crippen LogP) is 10.9. The molecule has 266 valence electrons. The van der Waals surface area contributed by atoms with E-state index in [-0.39, 0.29) is 23.7 Å². The molecule has 4 atom stereocenters. The molecule has 0 saturated carbocycles. The average Bonchev–Trinajstić information content (AvgIpc) is 3.50. The summed E-state index contributed by atoms with van der Waals surface area (Å²) in [6.07, 6.45) is 20.4. The number of hydrogen-bond donors (Lipinski definition) is 0. The number of halogens is 6. The first kappa shape index (κ1) is 39.8. The lowest BCUT2D eigenvalue weighted by molar-refractivity contribution is -0.120. The molecule has 2 amide bonds. The van der Waals surface area contributed by atoms with Crippen LogP contribution in [0.15, 0.2) is 48.8 Å². The van der Waals surface area contributed by atoms with Crippen LogP contribution in [0.4, 0.5) is 11.6 Å². The third kappa shape index (κ3) is 10.3. The van der Waals surface area contributed by atoms with Crippen molar-refractivity contribution in [3.05, 3.63) is 48.8 Å². The standard InChI is InChI=1S/C36H48Cl6N4O2/c37-31(38)27-25-45(29-19-13-17-23-43-29)33(47)35(27,41)21-15-11-9-7-5-3-1-2-4-6-8-10-12-16-22-36(42)28(32(39)40)26-46(34(36)48)30-20-14-18-24-44-30/h13-14,17-20,23-24,27-28,31-32H,1-12,15-16,21-22,25-26H2/t27-,28-,35+,36+/m1/s1. The van der Waals surface area contributed by atoms with E-state index in [0.717, 1.165) is 38.5 Å². The molecule has 0 radical (unpaired) electrons. The van der Waals surface area contributed by atoms with Crippen molar-refractivity contribution in [3.8, 4) is 0 Å². The van der Waals surface area contributed by atoms with Gasteiger partial charge in [-0.1, -0.05) is 102 Å². The summed E-state index contributed by atoms with van der Waals surface area (Å²) < 4.78 is 0. The Kier molecular flexibility index (Phi) is 16.2. The Morgan fingerprint density at radius 3 is 1.15 bits per heavy atom. The van der Waals surface area contributed by atoms with Crippen LogP contribution in [0.5, 0.6) is 0 Å². The van der Waals surface area contributed by atoms with Gasteiger partial charge in [-0.25, -0.2) is 9.97 Å². The number of alkyl halides is 6. The number of anilines is 2. The van der Waals surface area contributed by atoms with Gasteiger partial charge in [0.05, 0.1) is 0 Å². The zero-order chi connectivity index (χ0) is 34.6. The Morgan fingerprint density at radius 1 is 0.562 bits per heavy atom. The summed E-state index contributed by atoms with van der Waals surface area (Å²) in [5.74, 6) is 0.187. The quantitative estimate of drug-likeness (QED) is 0.0935. The van der Waals surface area contributed by atoms with E-state index in [4.69, 9.17) is 69.6 Å². The molecule has 48 heavy (non-hydrogen) atoms. The van der Waals surface area contributed by atoms with E-state index in [1.165, 1.54) is 51.4 Å². The lowest BCUT2D eigenvalue weighted by atomic mass is 9.90. The average molecular weight is 782 g/mol. The second kappa shape index (κ2) is 19.6. The van der Waals surface area contributed by atoms with E-state index in [0.29, 0.717) is 37.6 Å². The summed E-state index contributed by atoms with van der Waals surface area (Å²) in [5, 5.41) is 0. The number of unbranched alkanes of at least 4 members (excludes halogenated alkanes) is 13. The van der Waals surface area contributed by atoms with E-state index in [9.17, 15) is 9.59 Å². The van der Waals surface area contributed by atoms with Gasteiger partial charge in [0.15, 0.2) is 0 Å². The van der Waals surface area contributed by atoms with Crippen LogP contribution < -0.4 is 9.80 Å². The lowest BCUT2D eigenvalue weighted by Gasteiger charge is -2.26. The minimum Gasteiger partial charge on any atom is -0.295 e. The highest BCUT2D eigenvalue weighted by Gasteiger charge is 2.56. The summed E-state index contributed by atoms with van der Waals surface area (Å²) in [6.45, 7) is 0.761. The van der Waals surface area contributed by atoms with Gasteiger partial charge in [0.2, 0.25) is 11.8 Å². The molecule has 2 fully saturated rings. The van der Waals surface area contributed by atoms with E-state index >= 15 is 0 Å². The van der Waals surface area contributed by atoms with Crippen molar-refractivity contribution in [1.29, 1.82) is 0 Å². The number of rotatable bonds is 21. The highest BCUT2D eigenvalue weighted by Crippen LogP contribution is 2.46. The van der Waals surface area contributed by atoms with E-state index < -0.39 is 19.4 Å². The number of carbonyl (C=O) groups excluding carboxylic acids is 2. The predicted molar refractivity (Wildman–Crippen MR) is 202 cm³/mol. The summed E-state index contributed by atoms with van der Waals surface area (Å²) >= 11 is 39.0. The van der Waals surface area contributed by atoms with Crippen molar-refractivity contribution in [2.24, 2.45) is 11.8 Å². The molecular weight excluding hydrogens is 733 g/mol. The molecule has 2 aromatic heterocycles. The summed E-state index contributed by atoms with van der Waals surface area (Å²) in [6, 6.07) is 11.0. The van der Waals surface area contributed by atoms with Crippen LogP contribution >= 0.6 is 69.6 Å². The zero-order valence-corrected chi connectivity index (χ0v) is 32.1. The van der Waals surface area contributed by atoms with Crippen molar-refractivity contribution < 1.29 is 9.59 Å². The number of hydrogen-bond acceptors (Lipinski definition) is 4. The Hall–Kier alpha value is -1.02. The summed E-state index contributed by atoms with van der Waals surface area (Å²) in [7, 11) is 0. The molecule has 2 saturated heterocycles. The number of carbonyl (C=O) groups is 2. The fraction of sp³-hybridized carbons (Fsp3) is 0.667. The zero-order valence-electron chi connectivity index (χ0n) is 27.5. The van der Waals surface area contributed by atoms with Crippen molar-refractivity contribution >= 4 is 93.1 Å². The summed E-state index contributed by atoms with van der Waals surface area (Å²) in [5.41, 5.74) is 0. The molecule has 0 unspecified atom stereocenters. The van der Waals surface area contributed by atoms with Gasteiger partial charge in [0, 0.05) is 37.3 Å². The normalized spacial score (nSPS) is 24.5. The first-order valence-electron chi connectivity index (χ1n) is 17.5. The van der Waals surface area contributed by atoms with Crippen molar-refractivity contribution in [3.63, 3.8) is 0 Å². The third-order valence-corrected chi connectivity index (χ3v) is 12.4. The maximum atomic E-state index is 13.3. The van der Waals surface area contributed by atoms with Gasteiger partial charge in [-0.3, -0.25) is 19.4 Å². The van der Waals surface area contributed by atoms with Gasteiger partial charge in [-0.05, 0) is 37.1 Å². The van der Waals surface area contributed by atoms with Crippen LogP contribution in [-0.4, -0.2) is 54.3 Å². The topological polar surface area (TPSA) is 66.4 Å².